The predicted octanol–water partition coefficient (Wildman–Crippen LogP) is 6.86. The van der Waals surface area contributed by atoms with Crippen LogP contribution < -0.4 is 0 Å². The molecule has 0 aromatic heterocycles. The molecule has 2 aliphatic carbocycles. The number of rotatable bonds is 7. The van der Waals surface area contributed by atoms with E-state index in [1.54, 1.807) is 6.08 Å². The molecule has 0 bridgehead atoms. The molecule has 1 saturated carbocycles. The molecule has 4 nitrogen and oxygen atoms in total. The fourth-order valence-electron chi connectivity index (χ4n) is 6.48. The number of nitrogens with zero attached hydrogens (tertiary/aromatic N) is 1. The van der Waals surface area contributed by atoms with Crippen LogP contribution in [0.25, 0.3) is 0 Å². The van der Waals surface area contributed by atoms with Gasteiger partial charge in [0.1, 0.15) is 12.3 Å². The van der Waals surface area contributed by atoms with Crippen LogP contribution in [0.15, 0.2) is 60.3 Å². The van der Waals surface area contributed by atoms with Crippen molar-refractivity contribution < 1.29 is 14.7 Å². The number of carboxylic acid groups (broad SMARTS) is 1. The fraction of sp³-hybridized carbons (Fsp3) is 0.467. The molecule has 2 aliphatic rings. The zero-order chi connectivity index (χ0) is 24.5. The Balaban J connectivity index is 1.92. The third-order valence-corrected chi connectivity index (χ3v) is 8.28. The summed E-state index contributed by atoms with van der Waals surface area (Å²) in [5, 5.41) is 14.8. The Morgan fingerprint density at radius 3 is 2.62 bits per heavy atom. The zero-order valence-corrected chi connectivity index (χ0v) is 20.9. The first-order chi connectivity index (χ1) is 16.2. The summed E-state index contributed by atoms with van der Waals surface area (Å²) >= 11 is 0. The molecule has 0 unspecified atom stereocenters. The van der Waals surface area contributed by atoms with E-state index in [0.29, 0.717) is 12.5 Å². The highest BCUT2D eigenvalue weighted by molar-refractivity contribution is 6.13. The number of oxime groups is 1. The quantitative estimate of drug-likeness (QED) is 0.213. The average Bonchev–Trinajstić information content (AvgIpc) is 2.81. The molecule has 0 saturated heterocycles. The van der Waals surface area contributed by atoms with E-state index < -0.39 is 11.4 Å². The summed E-state index contributed by atoms with van der Waals surface area (Å²) in [7, 11) is 0. The lowest BCUT2D eigenvalue weighted by atomic mass is 9.49. The van der Waals surface area contributed by atoms with E-state index in [-0.39, 0.29) is 11.3 Å². The maximum absolute atomic E-state index is 12.4. The van der Waals surface area contributed by atoms with Crippen LogP contribution in [0.4, 0.5) is 0 Å². The molecule has 4 rings (SSSR count). The van der Waals surface area contributed by atoms with Gasteiger partial charge in [-0.25, -0.2) is 0 Å². The molecule has 1 N–H and O–H groups in total. The summed E-state index contributed by atoms with van der Waals surface area (Å²) in [6, 6.07) is 14.8. The number of aryl methyl sites for hydroxylation is 1. The smallest absolute Gasteiger partial charge is 0.309 e. The number of benzene rings is 2. The summed E-state index contributed by atoms with van der Waals surface area (Å²) in [5.74, 6) is -0.226. The molecule has 0 radical (unpaired) electrons. The molecule has 0 spiro atoms. The maximum Gasteiger partial charge on any atom is 0.309 e. The van der Waals surface area contributed by atoms with Gasteiger partial charge in [0.05, 0.1) is 5.41 Å². The van der Waals surface area contributed by atoms with E-state index in [2.05, 4.69) is 56.8 Å². The molecule has 1 fully saturated rings. The van der Waals surface area contributed by atoms with Crippen molar-refractivity contribution in [3.8, 4) is 0 Å². The van der Waals surface area contributed by atoms with Gasteiger partial charge in [0.2, 0.25) is 0 Å². The normalized spacial score (nSPS) is 26.5. The van der Waals surface area contributed by atoms with E-state index in [1.165, 1.54) is 16.7 Å². The first-order valence-corrected chi connectivity index (χ1v) is 12.5. The molecule has 0 amide bonds. The Morgan fingerprint density at radius 1 is 1.24 bits per heavy atom. The predicted molar refractivity (Wildman–Crippen MR) is 138 cm³/mol. The van der Waals surface area contributed by atoms with Crippen molar-refractivity contribution in [1.82, 2.24) is 0 Å². The van der Waals surface area contributed by atoms with E-state index >= 15 is 0 Å². The van der Waals surface area contributed by atoms with Crippen LogP contribution in [-0.2, 0) is 21.5 Å². The van der Waals surface area contributed by atoms with Gasteiger partial charge in [-0.2, -0.15) is 0 Å². The van der Waals surface area contributed by atoms with Gasteiger partial charge >= 0.3 is 5.97 Å². The number of hydrogen-bond acceptors (Lipinski definition) is 3. The highest BCUT2D eigenvalue weighted by Crippen LogP contribution is 2.57. The van der Waals surface area contributed by atoms with Crippen LogP contribution in [0.1, 0.15) is 87.1 Å². The van der Waals surface area contributed by atoms with Crippen molar-refractivity contribution in [2.75, 3.05) is 6.61 Å². The summed E-state index contributed by atoms with van der Waals surface area (Å²) in [5.41, 5.74) is 5.94. The molecule has 4 heteroatoms. The van der Waals surface area contributed by atoms with Crippen molar-refractivity contribution in [3.63, 3.8) is 0 Å². The third kappa shape index (κ3) is 4.08. The summed E-state index contributed by atoms with van der Waals surface area (Å²) in [6.45, 7) is 12.8. The van der Waals surface area contributed by atoms with Crippen LogP contribution >= 0.6 is 0 Å². The van der Waals surface area contributed by atoms with Gasteiger partial charge in [-0.05, 0) is 72.6 Å². The lowest BCUT2D eigenvalue weighted by Gasteiger charge is -2.53. The van der Waals surface area contributed by atoms with E-state index in [0.717, 1.165) is 48.9 Å². The van der Waals surface area contributed by atoms with Crippen molar-refractivity contribution in [2.24, 2.45) is 16.5 Å². The van der Waals surface area contributed by atoms with Crippen molar-refractivity contribution >= 4 is 11.7 Å². The molecular weight excluding hydrogens is 422 g/mol. The zero-order valence-electron chi connectivity index (χ0n) is 20.9. The lowest BCUT2D eigenvalue weighted by molar-refractivity contribution is -0.157. The second-order valence-electron chi connectivity index (χ2n) is 10.7. The molecule has 34 heavy (non-hydrogen) atoms. The van der Waals surface area contributed by atoms with Crippen molar-refractivity contribution in [3.05, 3.63) is 82.9 Å². The Kier molecular flexibility index (Phi) is 6.71. The molecule has 180 valence electrons. The molecule has 2 aromatic carbocycles. The van der Waals surface area contributed by atoms with Gasteiger partial charge in [0.25, 0.3) is 0 Å². The Morgan fingerprint density at radius 2 is 1.97 bits per heavy atom. The van der Waals surface area contributed by atoms with Gasteiger partial charge in [-0.1, -0.05) is 81.4 Å². The summed E-state index contributed by atoms with van der Waals surface area (Å²) < 4.78 is 0. The van der Waals surface area contributed by atoms with Crippen LogP contribution in [0, 0.1) is 11.3 Å². The van der Waals surface area contributed by atoms with E-state index in [9.17, 15) is 9.90 Å². The van der Waals surface area contributed by atoms with Crippen molar-refractivity contribution in [1.29, 1.82) is 0 Å². The second kappa shape index (κ2) is 9.40. The minimum Gasteiger partial charge on any atom is -0.481 e. The second-order valence-corrected chi connectivity index (χ2v) is 10.7. The monoisotopic (exact) mass is 459 g/mol. The summed E-state index contributed by atoms with van der Waals surface area (Å²) in [6.07, 6.45) is 6.23. The Bertz CT molecular complexity index is 1100. The Labute approximate surface area is 203 Å². The molecule has 0 heterocycles. The van der Waals surface area contributed by atoms with Crippen LogP contribution in [-0.4, -0.2) is 23.4 Å². The number of fused-ring (bicyclic) bond motifs is 3. The van der Waals surface area contributed by atoms with E-state index in [1.807, 2.05) is 25.1 Å². The topological polar surface area (TPSA) is 58.9 Å². The van der Waals surface area contributed by atoms with Gasteiger partial charge in [0.15, 0.2) is 0 Å². The van der Waals surface area contributed by atoms with Gasteiger partial charge in [-0.3, -0.25) is 4.79 Å². The Hall–Kier alpha value is -2.88. The number of hydrogen-bond donors (Lipinski definition) is 1. The first-order valence-electron chi connectivity index (χ1n) is 12.5. The third-order valence-electron chi connectivity index (χ3n) is 8.28. The van der Waals surface area contributed by atoms with Crippen LogP contribution in [0.2, 0.25) is 0 Å². The van der Waals surface area contributed by atoms with Crippen LogP contribution in [0.5, 0.6) is 0 Å². The highest BCUT2D eigenvalue weighted by Gasteiger charge is 2.55. The SMILES string of the molecule is C=CCON=C(c1ccccc1)c1cc2c(cc1C(C)C)CC[C@H]1[C@](C)(C(=O)O)CCC[C@]21C. The minimum absolute atomic E-state index is 0.116. The standard InChI is InChI=1S/C30H37NO3/c1-6-17-34-31-27(21-11-8-7-9-12-21)24-19-25-22(18-23(24)20(2)3)13-14-26-29(25,4)15-10-16-30(26,5)28(32)33/h6-9,11-12,18-20,26H,1,10,13-17H2,2-5H3,(H,32,33)/t26-,29-,30-/m1/s1. The summed E-state index contributed by atoms with van der Waals surface area (Å²) in [4.78, 5) is 18.0. The molecule has 0 aliphatic heterocycles. The maximum atomic E-state index is 12.4. The van der Waals surface area contributed by atoms with Gasteiger partial charge in [0, 0.05) is 11.1 Å². The highest BCUT2D eigenvalue weighted by atomic mass is 16.6. The minimum atomic E-state index is -0.689. The van der Waals surface area contributed by atoms with Crippen LogP contribution in [0.3, 0.4) is 0 Å². The molecule has 2 aromatic rings. The number of carboxylic acids is 1. The molecular formula is C30H37NO3. The average molecular weight is 460 g/mol. The molecule has 3 atom stereocenters. The van der Waals surface area contributed by atoms with E-state index in [4.69, 9.17) is 4.84 Å². The largest absolute Gasteiger partial charge is 0.481 e. The number of carbonyl (C=O) groups is 1. The van der Waals surface area contributed by atoms with Gasteiger partial charge in [-0.15, -0.1) is 0 Å². The van der Waals surface area contributed by atoms with Crippen molar-refractivity contribution in [2.45, 2.75) is 71.1 Å². The van der Waals surface area contributed by atoms with Gasteiger partial charge < -0.3 is 9.94 Å². The first kappa shape index (κ1) is 24.3. The lowest BCUT2D eigenvalue weighted by Crippen LogP contribution is -2.52. The fourth-order valence-corrected chi connectivity index (χ4v) is 6.48. The number of aliphatic carboxylic acids is 1.